The van der Waals surface area contributed by atoms with Crippen molar-refractivity contribution in [3.05, 3.63) is 10.4 Å². The first-order valence-corrected chi connectivity index (χ1v) is 4.28. The van der Waals surface area contributed by atoms with Gasteiger partial charge >= 0.3 is 0 Å². The van der Waals surface area contributed by atoms with Gasteiger partial charge in [0.05, 0.1) is 12.3 Å². The molecule has 0 amide bonds. The van der Waals surface area contributed by atoms with Crippen molar-refractivity contribution < 1.29 is 4.84 Å². The molecule has 1 aliphatic rings. The van der Waals surface area contributed by atoms with Gasteiger partial charge in [-0.1, -0.05) is 31.0 Å². The van der Waals surface area contributed by atoms with Crippen LogP contribution in [0.3, 0.4) is 0 Å². The largest absolute Gasteiger partial charge is 0.392 e. The van der Waals surface area contributed by atoms with Crippen LogP contribution in [0.2, 0.25) is 0 Å². The normalized spacial score (nSPS) is 21.8. The van der Waals surface area contributed by atoms with E-state index in [-0.39, 0.29) is 11.5 Å². The van der Waals surface area contributed by atoms with Crippen molar-refractivity contribution in [3.8, 4) is 0 Å². The Labute approximate surface area is 77.4 Å². The highest BCUT2D eigenvalue weighted by atomic mass is 16.6. The predicted molar refractivity (Wildman–Crippen MR) is 50.4 cm³/mol. The van der Waals surface area contributed by atoms with E-state index in [1.807, 2.05) is 0 Å². The number of rotatable bonds is 2. The second-order valence-electron chi connectivity index (χ2n) is 4.13. The Bertz CT molecular complexity index is 260. The molecule has 1 aliphatic heterocycles. The van der Waals surface area contributed by atoms with Gasteiger partial charge in [0, 0.05) is 16.7 Å². The van der Waals surface area contributed by atoms with Gasteiger partial charge in [0.1, 0.15) is 6.10 Å². The van der Waals surface area contributed by atoms with Crippen LogP contribution in [0.1, 0.15) is 27.2 Å². The number of azide groups is 1. The van der Waals surface area contributed by atoms with Crippen molar-refractivity contribution in [1.29, 1.82) is 0 Å². The van der Waals surface area contributed by atoms with Crippen LogP contribution in [0.25, 0.3) is 10.4 Å². The van der Waals surface area contributed by atoms with Crippen molar-refractivity contribution in [2.45, 2.75) is 33.3 Å². The molecule has 0 fully saturated rings. The fraction of sp³-hybridized carbons (Fsp3) is 0.875. The SMILES string of the molecule is CC(C)(C)C1=NOC(CN=[N+]=[N-])C1. The zero-order chi connectivity index (χ0) is 9.90. The molecule has 72 valence electrons. The van der Waals surface area contributed by atoms with E-state index < -0.39 is 0 Å². The summed E-state index contributed by atoms with van der Waals surface area (Å²) in [6, 6.07) is 0. The highest BCUT2D eigenvalue weighted by Crippen LogP contribution is 2.25. The van der Waals surface area contributed by atoms with Crippen LogP contribution in [0.15, 0.2) is 10.3 Å². The van der Waals surface area contributed by atoms with Gasteiger partial charge in [-0.2, -0.15) is 0 Å². The van der Waals surface area contributed by atoms with Gasteiger partial charge in [-0.25, -0.2) is 0 Å². The molecule has 0 N–H and O–H groups in total. The lowest BCUT2D eigenvalue weighted by Gasteiger charge is -2.16. The maximum atomic E-state index is 8.12. The minimum absolute atomic E-state index is 0.0467. The molecule has 0 aromatic heterocycles. The number of nitrogens with zero attached hydrogens (tertiary/aromatic N) is 4. The number of hydrogen-bond donors (Lipinski definition) is 0. The highest BCUT2D eigenvalue weighted by Gasteiger charge is 2.28. The van der Waals surface area contributed by atoms with Crippen LogP contribution in [0, 0.1) is 5.41 Å². The van der Waals surface area contributed by atoms with E-state index in [4.69, 9.17) is 10.4 Å². The number of hydrogen-bond acceptors (Lipinski definition) is 3. The average Bonchev–Trinajstić information content (AvgIpc) is 2.47. The first-order chi connectivity index (χ1) is 6.04. The van der Waals surface area contributed by atoms with E-state index in [0.717, 1.165) is 12.1 Å². The maximum absolute atomic E-state index is 8.12. The molecule has 0 spiro atoms. The maximum Gasteiger partial charge on any atom is 0.138 e. The standard InChI is InChI=1S/C8H14N4O/c1-8(2,3)7-4-6(13-11-7)5-10-12-9/h6H,4-5H2,1-3H3. The van der Waals surface area contributed by atoms with E-state index in [1.165, 1.54) is 0 Å². The first-order valence-electron chi connectivity index (χ1n) is 4.28. The Kier molecular flexibility index (Phi) is 2.78. The summed E-state index contributed by atoms with van der Waals surface area (Å²) in [6.07, 6.45) is 0.702. The summed E-state index contributed by atoms with van der Waals surface area (Å²) in [4.78, 5) is 7.80. The summed E-state index contributed by atoms with van der Waals surface area (Å²) >= 11 is 0. The summed E-state index contributed by atoms with van der Waals surface area (Å²) in [7, 11) is 0. The lowest BCUT2D eigenvalue weighted by atomic mass is 9.87. The van der Waals surface area contributed by atoms with Gasteiger partial charge in [0.15, 0.2) is 0 Å². The van der Waals surface area contributed by atoms with Gasteiger partial charge in [-0.05, 0) is 5.53 Å². The van der Waals surface area contributed by atoms with Gasteiger partial charge in [-0.15, -0.1) is 0 Å². The summed E-state index contributed by atoms with van der Waals surface area (Å²) in [5.74, 6) is 0. The van der Waals surface area contributed by atoms with Gasteiger partial charge < -0.3 is 4.84 Å². The second-order valence-corrected chi connectivity index (χ2v) is 4.13. The molecular weight excluding hydrogens is 168 g/mol. The smallest absolute Gasteiger partial charge is 0.138 e. The molecule has 0 saturated heterocycles. The highest BCUT2D eigenvalue weighted by molar-refractivity contribution is 5.90. The zero-order valence-electron chi connectivity index (χ0n) is 8.19. The molecule has 1 heterocycles. The lowest BCUT2D eigenvalue weighted by Crippen LogP contribution is -2.21. The fourth-order valence-electron chi connectivity index (χ4n) is 1.10. The number of oxime groups is 1. The lowest BCUT2D eigenvalue weighted by molar-refractivity contribution is 0.0918. The zero-order valence-corrected chi connectivity index (χ0v) is 8.19. The molecule has 0 aliphatic carbocycles. The van der Waals surface area contributed by atoms with E-state index in [2.05, 4.69) is 36.0 Å². The van der Waals surface area contributed by atoms with Crippen LogP contribution in [0.4, 0.5) is 0 Å². The Morgan fingerprint density at radius 3 is 2.85 bits per heavy atom. The molecule has 1 unspecified atom stereocenters. The molecule has 5 nitrogen and oxygen atoms in total. The van der Waals surface area contributed by atoms with Crippen LogP contribution in [-0.2, 0) is 4.84 Å². The first kappa shape index (κ1) is 9.86. The Hall–Kier alpha value is -1.22. The molecule has 0 aromatic carbocycles. The molecule has 0 saturated carbocycles. The molecule has 0 aromatic rings. The summed E-state index contributed by atoms with van der Waals surface area (Å²) < 4.78 is 0. The minimum Gasteiger partial charge on any atom is -0.392 e. The van der Waals surface area contributed by atoms with Crippen molar-refractivity contribution in [2.75, 3.05) is 6.54 Å². The van der Waals surface area contributed by atoms with Crippen LogP contribution < -0.4 is 0 Å². The van der Waals surface area contributed by atoms with Crippen LogP contribution >= 0.6 is 0 Å². The van der Waals surface area contributed by atoms with E-state index in [1.54, 1.807) is 0 Å². The summed E-state index contributed by atoms with van der Waals surface area (Å²) in [5, 5.41) is 7.43. The Morgan fingerprint density at radius 1 is 1.69 bits per heavy atom. The van der Waals surface area contributed by atoms with E-state index in [0.29, 0.717) is 6.54 Å². The third-order valence-corrected chi connectivity index (χ3v) is 1.95. The van der Waals surface area contributed by atoms with Crippen LogP contribution in [0.5, 0.6) is 0 Å². The monoisotopic (exact) mass is 182 g/mol. The average molecular weight is 182 g/mol. The van der Waals surface area contributed by atoms with Crippen molar-refractivity contribution in [3.63, 3.8) is 0 Å². The molecule has 0 radical (unpaired) electrons. The molecule has 1 rings (SSSR count). The molecule has 1 atom stereocenters. The Morgan fingerprint density at radius 2 is 2.38 bits per heavy atom. The van der Waals surface area contributed by atoms with Gasteiger partial charge in [0.25, 0.3) is 0 Å². The third-order valence-electron chi connectivity index (χ3n) is 1.95. The summed E-state index contributed by atoms with van der Waals surface area (Å²) in [5.41, 5.74) is 9.20. The molecular formula is C8H14N4O. The summed E-state index contributed by atoms with van der Waals surface area (Å²) in [6.45, 7) is 6.63. The fourth-order valence-corrected chi connectivity index (χ4v) is 1.10. The Balaban J connectivity index is 2.47. The quantitative estimate of drug-likeness (QED) is 0.367. The molecule has 5 heteroatoms. The second kappa shape index (κ2) is 3.66. The van der Waals surface area contributed by atoms with Gasteiger partial charge in [0.2, 0.25) is 0 Å². The topological polar surface area (TPSA) is 70.4 Å². The minimum atomic E-state index is -0.0647. The van der Waals surface area contributed by atoms with Crippen molar-refractivity contribution in [2.24, 2.45) is 15.7 Å². The molecule has 0 bridgehead atoms. The van der Waals surface area contributed by atoms with Crippen molar-refractivity contribution >= 4 is 5.71 Å². The van der Waals surface area contributed by atoms with E-state index >= 15 is 0 Å². The van der Waals surface area contributed by atoms with E-state index in [9.17, 15) is 0 Å². The van der Waals surface area contributed by atoms with Crippen LogP contribution in [-0.4, -0.2) is 18.4 Å². The molecule has 13 heavy (non-hydrogen) atoms. The predicted octanol–water partition coefficient (Wildman–Crippen LogP) is 2.49. The van der Waals surface area contributed by atoms with Gasteiger partial charge in [-0.3, -0.25) is 0 Å². The van der Waals surface area contributed by atoms with Crippen molar-refractivity contribution in [1.82, 2.24) is 0 Å². The third kappa shape index (κ3) is 2.63.